The summed E-state index contributed by atoms with van der Waals surface area (Å²) in [6.45, 7) is 4.81. The highest BCUT2D eigenvalue weighted by Crippen LogP contribution is 2.27. The Hall–Kier alpha value is -1.71. The molecule has 0 aliphatic carbocycles. The van der Waals surface area contributed by atoms with Crippen LogP contribution in [0.4, 0.5) is 0 Å². The van der Waals surface area contributed by atoms with Gasteiger partial charge in [-0.3, -0.25) is 0 Å². The van der Waals surface area contributed by atoms with Crippen LogP contribution in [0.1, 0.15) is 25.3 Å². The van der Waals surface area contributed by atoms with Gasteiger partial charge in [0.15, 0.2) is 0 Å². The van der Waals surface area contributed by atoms with Crippen LogP contribution in [0.2, 0.25) is 0 Å². The van der Waals surface area contributed by atoms with E-state index in [1.807, 2.05) is 11.6 Å². The smallest absolute Gasteiger partial charge is 0.123 e. The van der Waals surface area contributed by atoms with Crippen molar-refractivity contribution in [3.63, 3.8) is 0 Å². The molecule has 2 nitrogen and oxygen atoms in total. The fourth-order valence-electron chi connectivity index (χ4n) is 3.55. The van der Waals surface area contributed by atoms with E-state index in [1.54, 1.807) is 11.3 Å². The van der Waals surface area contributed by atoms with Gasteiger partial charge in [-0.2, -0.15) is 0 Å². The SMILES string of the molecule is C[C@@H]1CCCN1CCc1ccc2cc(-c3nccs3)ccc2c1. The lowest BCUT2D eigenvalue weighted by Crippen LogP contribution is -2.28. The average Bonchev–Trinajstić information content (AvgIpc) is 3.24. The predicted octanol–water partition coefficient (Wildman–Crippen LogP) is 4.99. The Balaban J connectivity index is 1.53. The van der Waals surface area contributed by atoms with Crippen LogP contribution in [0, 0.1) is 0 Å². The Morgan fingerprint density at radius 2 is 2.04 bits per heavy atom. The normalized spacial score (nSPS) is 18.7. The standard InChI is InChI=1S/C20H22N2S/c1-15-3-2-10-22(15)11-8-16-4-5-18-14-19(7-6-17(18)13-16)20-21-9-12-23-20/h4-7,9,12-15H,2-3,8,10-11H2,1H3/t15-/m1/s1. The Kier molecular flexibility index (Phi) is 4.15. The van der Waals surface area contributed by atoms with Crippen LogP contribution in [0.5, 0.6) is 0 Å². The van der Waals surface area contributed by atoms with Gasteiger partial charge in [0.05, 0.1) is 0 Å². The Labute approximate surface area is 141 Å². The highest BCUT2D eigenvalue weighted by Gasteiger charge is 2.19. The number of nitrogens with zero attached hydrogens (tertiary/aromatic N) is 2. The lowest BCUT2D eigenvalue weighted by atomic mass is 10.0. The van der Waals surface area contributed by atoms with Crippen LogP contribution >= 0.6 is 11.3 Å². The second-order valence-corrected chi connectivity index (χ2v) is 7.41. The highest BCUT2D eigenvalue weighted by molar-refractivity contribution is 7.13. The number of rotatable bonds is 4. The van der Waals surface area contributed by atoms with E-state index in [0.29, 0.717) is 0 Å². The van der Waals surface area contributed by atoms with Crippen LogP contribution in [0.15, 0.2) is 48.0 Å². The number of aromatic nitrogens is 1. The largest absolute Gasteiger partial charge is 0.300 e. The molecule has 0 N–H and O–H groups in total. The Morgan fingerprint density at radius 1 is 1.17 bits per heavy atom. The molecule has 23 heavy (non-hydrogen) atoms. The lowest BCUT2D eigenvalue weighted by molar-refractivity contribution is 0.272. The summed E-state index contributed by atoms with van der Waals surface area (Å²) >= 11 is 1.69. The number of benzene rings is 2. The number of thiazole rings is 1. The fourth-order valence-corrected chi connectivity index (χ4v) is 4.18. The van der Waals surface area contributed by atoms with Gasteiger partial charge < -0.3 is 4.90 Å². The molecule has 0 spiro atoms. The number of hydrogen-bond donors (Lipinski definition) is 0. The van der Waals surface area contributed by atoms with Crippen molar-refractivity contribution in [1.29, 1.82) is 0 Å². The van der Waals surface area contributed by atoms with Crippen molar-refractivity contribution < 1.29 is 0 Å². The molecule has 1 fully saturated rings. The first kappa shape index (κ1) is 14.9. The highest BCUT2D eigenvalue weighted by atomic mass is 32.1. The Bertz CT molecular complexity index is 795. The minimum Gasteiger partial charge on any atom is -0.300 e. The van der Waals surface area contributed by atoms with Gasteiger partial charge in [0, 0.05) is 29.7 Å². The van der Waals surface area contributed by atoms with Crippen LogP contribution in [0.25, 0.3) is 21.3 Å². The maximum absolute atomic E-state index is 4.40. The van der Waals surface area contributed by atoms with Crippen molar-refractivity contribution in [2.45, 2.75) is 32.2 Å². The van der Waals surface area contributed by atoms with Crippen LogP contribution in [-0.2, 0) is 6.42 Å². The molecule has 1 saturated heterocycles. The summed E-state index contributed by atoms with van der Waals surface area (Å²) in [7, 11) is 0. The van der Waals surface area contributed by atoms with E-state index in [1.165, 1.54) is 47.8 Å². The summed E-state index contributed by atoms with van der Waals surface area (Å²) in [5, 5.41) is 5.76. The molecule has 0 unspecified atom stereocenters. The molecule has 1 aliphatic rings. The average molecular weight is 322 g/mol. The molecular weight excluding hydrogens is 300 g/mol. The summed E-state index contributed by atoms with van der Waals surface area (Å²) in [6.07, 6.45) is 5.73. The van der Waals surface area contributed by atoms with E-state index in [9.17, 15) is 0 Å². The monoisotopic (exact) mass is 322 g/mol. The number of fused-ring (bicyclic) bond motifs is 1. The van der Waals surface area contributed by atoms with Crippen molar-refractivity contribution in [3.8, 4) is 10.6 Å². The van der Waals surface area contributed by atoms with E-state index >= 15 is 0 Å². The molecule has 4 rings (SSSR count). The third-order valence-corrected chi connectivity index (χ3v) is 5.78. The molecule has 0 saturated carbocycles. The molecule has 0 amide bonds. The Morgan fingerprint density at radius 3 is 2.83 bits per heavy atom. The summed E-state index contributed by atoms with van der Waals surface area (Å²) in [5.41, 5.74) is 2.66. The van der Waals surface area contributed by atoms with Crippen molar-refractivity contribution in [1.82, 2.24) is 9.88 Å². The molecule has 0 bridgehead atoms. The molecule has 1 aromatic heterocycles. The zero-order valence-electron chi connectivity index (χ0n) is 13.5. The molecule has 2 heterocycles. The topological polar surface area (TPSA) is 16.1 Å². The second-order valence-electron chi connectivity index (χ2n) is 6.51. The van der Waals surface area contributed by atoms with Gasteiger partial charge in [0.2, 0.25) is 0 Å². The maximum atomic E-state index is 4.40. The van der Waals surface area contributed by atoms with Gasteiger partial charge >= 0.3 is 0 Å². The third-order valence-electron chi connectivity index (χ3n) is 4.96. The van der Waals surface area contributed by atoms with Crippen molar-refractivity contribution in [3.05, 3.63) is 53.5 Å². The number of hydrogen-bond acceptors (Lipinski definition) is 3. The summed E-state index contributed by atoms with van der Waals surface area (Å²) in [6, 6.07) is 14.3. The molecule has 2 aromatic carbocycles. The van der Waals surface area contributed by atoms with Gasteiger partial charge in [0.1, 0.15) is 5.01 Å². The molecule has 1 atom stereocenters. The fraction of sp³-hybridized carbons (Fsp3) is 0.350. The van der Waals surface area contributed by atoms with Crippen molar-refractivity contribution >= 4 is 22.1 Å². The van der Waals surface area contributed by atoms with Gasteiger partial charge in [-0.05, 0) is 55.1 Å². The zero-order chi connectivity index (χ0) is 15.6. The lowest BCUT2D eigenvalue weighted by Gasteiger charge is -2.20. The quantitative estimate of drug-likeness (QED) is 0.672. The molecule has 0 radical (unpaired) electrons. The van der Waals surface area contributed by atoms with Crippen LogP contribution in [0.3, 0.4) is 0 Å². The van der Waals surface area contributed by atoms with Crippen LogP contribution < -0.4 is 0 Å². The van der Waals surface area contributed by atoms with Gasteiger partial charge in [-0.15, -0.1) is 11.3 Å². The van der Waals surface area contributed by atoms with Gasteiger partial charge in [-0.1, -0.05) is 30.3 Å². The zero-order valence-corrected chi connectivity index (χ0v) is 14.4. The van der Waals surface area contributed by atoms with Gasteiger partial charge in [0.25, 0.3) is 0 Å². The molecule has 1 aliphatic heterocycles. The van der Waals surface area contributed by atoms with E-state index in [2.05, 4.69) is 53.2 Å². The van der Waals surface area contributed by atoms with Crippen molar-refractivity contribution in [2.24, 2.45) is 0 Å². The minimum atomic E-state index is 0.760. The first-order valence-corrected chi connectivity index (χ1v) is 9.34. The van der Waals surface area contributed by atoms with E-state index < -0.39 is 0 Å². The summed E-state index contributed by atoms with van der Waals surface area (Å²) in [4.78, 5) is 7.03. The summed E-state index contributed by atoms with van der Waals surface area (Å²) < 4.78 is 0. The maximum Gasteiger partial charge on any atom is 0.123 e. The molecule has 3 heteroatoms. The molecule has 3 aromatic rings. The first-order chi connectivity index (χ1) is 11.3. The van der Waals surface area contributed by atoms with Crippen molar-refractivity contribution in [2.75, 3.05) is 13.1 Å². The van der Waals surface area contributed by atoms with Crippen LogP contribution in [-0.4, -0.2) is 29.0 Å². The minimum absolute atomic E-state index is 0.760. The van der Waals surface area contributed by atoms with E-state index in [-0.39, 0.29) is 0 Å². The summed E-state index contributed by atoms with van der Waals surface area (Å²) in [5.74, 6) is 0. The third kappa shape index (κ3) is 3.17. The van der Waals surface area contributed by atoms with E-state index in [4.69, 9.17) is 0 Å². The second kappa shape index (κ2) is 6.42. The molecular formula is C20H22N2S. The van der Waals surface area contributed by atoms with E-state index in [0.717, 1.165) is 17.5 Å². The predicted molar refractivity (Wildman–Crippen MR) is 99.0 cm³/mol. The van der Waals surface area contributed by atoms with Gasteiger partial charge in [-0.25, -0.2) is 4.98 Å². The first-order valence-electron chi connectivity index (χ1n) is 8.46. The molecule has 118 valence electrons. The number of likely N-dealkylation sites (tertiary alicyclic amines) is 1.